The van der Waals surface area contributed by atoms with Crippen molar-refractivity contribution in [3.05, 3.63) is 22.7 Å². The Hall–Kier alpha value is -0.700. The minimum absolute atomic E-state index is 0.773. The summed E-state index contributed by atoms with van der Waals surface area (Å²) in [6.45, 7) is 1.23. The van der Waals surface area contributed by atoms with Crippen molar-refractivity contribution in [2.75, 3.05) is 17.2 Å². The Morgan fingerprint density at radius 3 is 2.80 bits per heavy atom. The molecule has 2 bridgehead atoms. The fourth-order valence-corrected chi connectivity index (χ4v) is 3.60. The number of nitrogen functional groups attached to an aromatic ring is 1. The van der Waals surface area contributed by atoms with Gasteiger partial charge in [0.25, 0.3) is 0 Å². The molecule has 2 fully saturated rings. The summed E-state index contributed by atoms with van der Waals surface area (Å²) in [7, 11) is 0. The normalized spacial score (nSPS) is 28.7. The summed E-state index contributed by atoms with van der Waals surface area (Å²) >= 11 is 3.61. The number of piperidine rings is 1. The van der Waals surface area contributed by atoms with E-state index in [4.69, 9.17) is 5.73 Å². The Bertz CT molecular complexity index is 391. The van der Waals surface area contributed by atoms with Crippen molar-refractivity contribution in [1.29, 1.82) is 0 Å². The summed E-state index contributed by atoms with van der Waals surface area (Å²) in [4.78, 5) is 2.54. The van der Waals surface area contributed by atoms with E-state index >= 15 is 0 Å². The molecule has 2 atom stereocenters. The number of rotatable bonds is 1. The smallest absolute Gasteiger partial charge is 0.0514 e. The third-order valence-electron chi connectivity index (χ3n) is 3.69. The van der Waals surface area contributed by atoms with Gasteiger partial charge < -0.3 is 10.6 Å². The van der Waals surface area contributed by atoms with Crippen LogP contribution in [-0.2, 0) is 0 Å². The van der Waals surface area contributed by atoms with Crippen molar-refractivity contribution in [3.8, 4) is 0 Å². The third-order valence-corrected chi connectivity index (χ3v) is 4.33. The van der Waals surface area contributed by atoms with Crippen molar-refractivity contribution < 1.29 is 0 Å². The van der Waals surface area contributed by atoms with Crippen LogP contribution in [0.5, 0.6) is 0 Å². The molecule has 0 spiro atoms. The van der Waals surface area contributed by atoms with Crippen LogP contribution in [0.2, 0.25) is 0 Å². The third kappa shape index (κ3) is 1.53. The SMILES string of the molecule is Nc1ccc(N2CC3CCC2C3)c(Br)c1. The van der Waals surface area contributed by atoms with E-state index in [1.807, 2.05) is 12.1 Å². The van der Waals surface area contributed by atoms with Crippen molar-refractivity contribution in [1.82, 2.24) is 0 Å². The first-order chi connectivity index (χ1) is 7.24. The van der Waals surface area contributed by atoms with Gasteiger partial charge in [-0.25, -0.2) is 0 Å². The van der Waals surface area contributed by atoms with E-state index in [2.05, 4.69) is 26.9 Å². The molecule has 1 heterocycles. The maximum Gasteiger partial charge on any atom is 0.0514 e. The summed E-state index contributed by atoms with van der Waals surface area (Å²) in [5.74, 6) is 0.930. The monoisotopic (exact) mass is 266 g/mol. The van der Waals surface area contributed by atoms with Crippen molar-refractivity contribution >= 4 is 27.3 Å². The molecule has 1 aromatic rings. The second kappa shape index (κ2) is 3.41. The lowest BCUT2D eigenvalue weighted by Crippen LogP contribution is -2.32. The molecule has 80 valence electrons. The Morgan fingerprint density at radius 2 is 2.20 bits per heavy atom. The van der Waals surface area contributed by atoms with Crippen LogP contribution in [0.15, 0.2) is 22.7 Å². The number of benzene rings is 1. The van der Waals surface area contributed by atoms with E-state index < -0.39 is 0 Å². The zero-order chi connectivity index (χ0) is 10.4. The van der Waals surface area contributed by atoms with Crippen LogP contribution < -0.4 is 10.6 Å². The van der Waals surface area contributed by atoms with E-state index in [-0.39, 0.29) is 0 Å². The predicted octanol–water partition coefficient (Wildman–Crippen LogP) is 3.02. The van der Waals surface area contributed by atoms with Crippen molar-refractivity contribution in [3.63, 3.8) is 0 Å². The molecule has 3 heteroatoms. The van der Waals surface area contributed by atoms with Gasteiger partial charge in [0.05, 0.1) is 5.69 Å². The second-order valence-electron chi connectivity index (χ2n) is 4.70. The first-order valence-corrected chi connectivity index (χ1v) is 6.35. The summed E-state index contributed by atoms with van der Waals surface area (Å²) < 4.78 is 1.13. The van der Waals surface area contributed by atoms with E-state index in [0.717, 1.165) is 22.1 Å². The van der Waals surface area contributed by atoms with Gasteiger partial charge in [-0.3, -0.25) is 0 Å². The van der Waals surface area contributed by atoms with Gasteiger partial charge in [-0.15, -0.1) is 0 Å². The molecule has 2 aliphatic rings. The Morgan fingerprint density at radius 1 is 1.33 bits per heavy atom. The highest BCUT2D eigenvalue weighted by Gasteiger charge is 2.38. The standard InChI is InChI=1S/C12H15BrN2/c13-11-6-9(14)2-4-12(11)15-7-8-1-3-10(15)5-8/h2,4,6,8,10H,1,3,5,7,14H2. The summed E-state index contributed by atoms with van der Waals surface area (Å²) in [5.41, 5.74) is 7.90. The van der Waals surface area contributed by atoms with Crippen LogP contribution in [0, 0.1) is 5.92 Å². The highest BCUT2D eigenvalue weighted by atomic mass is 79.9. The lowest BCUT2D eigenvalue weighted by atomic mass is 10.1. The van der Waals surface area contributed by atoms with Gasteiger partial charge in [0.2, 0.25) is 0 Å². The van der Waals surface area contributed by atoms with Gasteiger partial charge in [-0.05, 0) is 59.3 Å². The van der Waals surface area contributed by atoms with Crippen LogP contribution >= 0.6 is 15.9 Å². The van der Waals surface area contributed by atoms with Crippen LogP contribution in [0.3, 0.4) is 0 Å². The van der Waals surface area contributed by atoms with E-state index in [1.54, 1.807) is 0 Å². The van der Waals surface area contributed by atoms with E-state index in [1.165, 1.54) is 31.5 Å². The lowest BCUT2D eigenvalue weighted by molar-refractivity contribution is 0.553. The first-order valence-electron chi connectivity index (χ1n) is 5.55. The number of hydrogen-bond acceptors (Lipinski definition) is 2. The minimum Gasteiger partial charge on any atom is -0.399 e. The van der Waals surface area contributed by atoms with Crippen molar-refractivity contribution in [2.45, 2.75) is 25.3 Å². The second-order valence-corrected chi connectivity index (χ2v) is 5.55. The fraction of sp³-hybridized carbons (Fsp3) is 0.500. The summed E-state index contributed by atoms with van der Waals surface area (Å²) in [5, 5.41) is 0. The maximum atomic E-state index is 5.75. The fourth-order valence-electron chi connectivity index (χ4n) is 2.98. The topological polar surface area (TPSA) is 29.3 Å². The summed E-state index contributed by atoms with van der Waals surface area (Å²) in [6, 6.07) is 6.91. The van der Waals surface area contributed by atoms with Crippen LogP contribution in [0.25, 0.3) is 0 Å². The number of halogens is 1. The van der Waals surface area contributed by atoms with Gasteiger partial charge in [0, 0.05) is 22.7 Å². The highest BCUT2D eigenvalue weighted by molar-refractivity contribution is 9.10. The van der Waals surface area contributed by atoms with Gasteiger partial charge in [-0.2, -0.15) is 0 Å². The minimum atomic E-state index is 0.773. The molecular weight excluding hydrogens is 252 g/mol. The van der Waals surface area contributed by atoms with Crippen LogP contribution in [0.4, 0.5) is 11.4 Å². The Balaban J connectivity index is 1.93. The Kier molecular flexibility index (Phi) is 2.16. The number of fused-ring (bicyclic) bond motifs is 2. The molecule has 0 amide bonds. The zero-order valence-electron chi connectivity index (χ0n) is 8.62. The molecule has 1 saturated carbocycles. The molecule has 1 aliphatic heterocycles. The molecular formula is C12H15BrN2. The molecule has 3 rings (SSSR count). The van der Waals surface area contributed by atoms with Gasteiger partial charge in [0.1, 0.15) is 0 Å². The van der Waals surface area contributed by atoms with E-state index in [9.17, 15) is 0 Å². The molecule has 1 aromatic carbocycles. The number of anilines is 2. The molecule has 15 heavy (non-hydrogen) atoms. The Labute approximate surface area is 98.6 Å². The maximum absolute atomic E-state index is 5.75. The molecule has 1 saturated heterocycles. The van der Waals surface area contributed by atoms with E-state index in [0.29, 0.717) is 0 Å². The van der Waals surface area contributed by atoms with Crippen LogP contribution in [0.1, 0.15) is 19.3 Å². The number of hydrogen-bond donors (Lipinski definition) is 1. The lowest BCUT2D eigenvalue weighted by Gasteiger charge is -2.30. The first kappa shape index (κ1) is 9.52. The quantitative estimate of drug-likeness (QED) is 0.792. The molecule has 2 N–H and O–H groups in total. The summed E-state index contributed by atoms with van der Waals surface area (Å²) in [6.07, 6.45) is 4.17. The molecule has 2 nitrogen and oxygen atoms in total. The molecule has 2 unspecified atom stereocenters. The zero-order valence-corrected chi connectivity index (χ0v) is 10.2. The molecule has 0 radical (unpaired) electrons. The average Bonchev–Trinajstić information content (AvgIpc) is 2.78. The molecule has 0 aromatic heterocycles. The predicted molar refractivity (Wildman–Crippen MR) is 67.0 cm³/mol. The van der Waals surface area contributed by atoms with Gasteiger partial charge >= 0.3 is 0 Å². The van der Waals surface area contributed by atoms with Gasteiger partial charge in [-0.1, -0.05) is 0 Å². The highest BCUT2D eigenvalue weighted by Crippen LogP contribution is 2.42. The van der Waals surface area contributed by atoms with Gasteiger partial charge in [0.15, 0.2) is 0 Å². The van der Waals surface area contributed by atoms with Crippen molar-refractivity contribution in [2.24, 2.45) is 5.92 Å². The van der Waals surface area contributed by atoms with Crippen LogP contribution in [-0.4, -0.2) is 12.6 Å². The number of nitrogens with two attached hydrogens (primary N) is 1. The number of nitrogens with zero attached hydrogens (tertiary/aromatic N) is 1. The molecule has 1 aliphatic carbocycles. The average molecular weight is 267 g/mol. The largest absolute Gasteiger partial charge is 0.399 e.